The molecule has 0 aromatic carbocycles. The fourth-order valence-electron chi connectivity index (χ4n) is 3.35. The van der Waals surface area contributed by atoms with Gasteiger partial charge in [-0.15, -0.1) is 5.10 Å². The van der Waals surface area contributed by atoms with Crippen LogP contribution in [0.1, 0.15) is 45.6 Å². The molecule has 30 heavy (non-hydrogen) atoms. The molecule has 2 aromatic heterocycles. The van der Waals surface area contributed by atoms with Gasteiger partial charge in [-0.25, -0.2) is 19.4 Å². The number of thioether (sulfide) groups is 1. The zero-order valence-electron chi connectivity index (χ0n) is 17.1. The number of nitrogens with zero attached hydrogens (tertiary/aromatic N) is 5. The molecular weight excluding hydrogens is 412 g/mol. The molecule has 1 saturated carbocycles. The Kier molecular flexibility index (Phi) is 7.81. The van der Waals surface area contributed by atoms with Crippen LogP contribution in [0.3, 0.4) is 0 Å². The monoisotopic (exact) mass is 440 g/mol. The summed E-state index contributed by atoms with van der Waals surface area (Å²) in [6.45, 7) is 4.37. The van der Waals surface area contributed by atoms with Gasteiger partial charge in [-0.2, -0.15) is 0 Å². The fourth-order valence-corrected chi connectivity index (χ4v) is 4.05. The van der Waals surface area contributed by atoms with Gasteiger partial charge in [0.05, 0.1) is 12.1 Å². The molecule has 1 aliphatic carbocycles. The molecule has 2 heterocycles. The molecule has 2 aromatic rings. The third kappa shape index (κ3) is 4.99. The molecule has 4 atom stereocenters. The van der Waals surface area contributed by atoms with Gasteiger partial charge in [0.15, 0.2) is 22.1 Å². The van der Waals surface area contributed by atoms with Crippen molar-refractivity contribution < 1.29 is 24.9 Å². The van der Waals surface area contributed by atoms with Crippen molar-refractivity contribution in [3.05, 3.63) is 0 Å². The first-order chi connectivity index (χ1) is 14.5. The summed E-state index contributed by atoms with van der Waals surface area (Å²) in [4.78, 5) is 19.9. The van der Waals surface area contributed by atoms with Crippen LogP contribution in [0.2, 0.25) is 0 Å². The number of rotatable bonds is 11. The molecule has 0 radical (unpaired) electrons. The Bertz CT molecular complexity index is 865. The summed E-state index contributed by atoms with van der Waals surface area (Å²) in [6.07, 6.45) is -0.0637. The maximum absolute atomic E-state index is 10.8. The summed E-state index contributed by atoms with van der Waals surface area (Å²) < 4.78 is 6.72. The Morgan fingerprint density at radius 1 is 1.27 bits per heavy atom. The van der Waals surface area contributed by atoms with Crippen molar-refractivity contribution in [3.63, 3.8) is 0 Å². The van der Waals surface area contributed by atoms with Gasteiger partial charge in [0, 0.05) is 18.7 Å². The van der Waals surface area contributed by atoms with Crippen LogP contribution >= 0.6 is 11.8 Å². The molecule has 0 unspecified atom stereocenters. The van der Waals surface area contributed by atoms with Gasteiger partial charge in [-0.1, -0.05) is 37.2 Å². The Morgan fingerprint density at radius 2 is 2.07 bits per heavy atom. The number of hydrogen-bond acceptors (Lipinski definition) is 10. The Balaban J connectivity index is 1.91. The van der Waals surface area contributed by atoms with Crippen molar-refractivity contribution in [2.75, 3.05) is 24.2 Å². The summed E-state index contributed by atoms with van der Waals surface area (Å²) in [6, 6.07) is -0.647. The van der Waals surface area contributed by atoms with Gasteiger partial charge in [-0.05, 0) is 12.8 Å². The quantitative estimate of drug-likeness (QED) is 0.225. The number of carboxylic acids is 1. The van der Waals surface area contributed by atoms with Gasteiger partial charge in [0.1, 0.15) is 18.8 Å². The standard InChI is InChI=1S/C18H28N6O5S/c1-3-5-6-19-16-13-17(21-18(20-16)30-7-4-2)24(23-22-13)10-8-11(15(28)14(10)27)29-9-12(25)26/h10-11,14-15,27-28H,3-9H2,1-2H3,(H,25,26)(H,19,20,21)/t10-,11+,14+,15-/m1/s1. The zero-order valence-corrected chi connectivity index (χ0v) is 17.9. The first-order valence-electron chi connectivity index (χ1n) is 10.1. The summed E-state index contributed by atoms with van der Waals surface area (Å²) >= 11 is 1.52. The molecule has 0 aliphatic heterocycles. The molecule has 1 fully saturated rings. The van der Waals surface area contributed by atoms with E-state index in [1.54, 1.807) is 0 Å². The number of carboxylic acid groups (broad SMARTS) is 1. The maximum Gasteiger partial charge on any atom is 0.329 e. The lowest BCUT2D eigenvalue weighted by atomic mass is 10.2. The van der Waals surface area contributed by atoms with Crippen molar-refractivity contribution >= 4 is 34.7 Å². The van der Waals surface area contributed by atoms with Crippen LogP contribution in [0.4, 0.5) is 5.82 Å². The van der Waals surface area contributed by atoms with Crippen LogP contribution in [-0.2, 0) is 9.53 Å². The number of ether oxygens (including phenoxy) is 1. The van der Waals surface area contributed by atoms with E-state index in [-0.39, 0.29) is 6.42 Å². The lowest BCUT2D eigenvalue weighted by Crippen LogP contribution is -2.33. The average molecular weight is 441 g/mol. The topological polar surface area (TPSA) is 156 Å². The number of unbranched alkanes of at least 4 members (excludes halogenated alkanes) is 1. The smallest absolute Gasteiger partial charge is 0.329 e. The maximum atomic E-state index is 10.8. The van der Waals surface area contributed by atoms with E-state index in [1.165, 1.54) is 16.4 Å². The number of aliphatic carboxylic acids is 1. The first kappa shape index (κ1) is 22.7. The molecule has 11 nitrogen and oxygen atoms in total. The summed E-state index contributed by atoms with van der Waals surface area (Å²) in [5.74, 6) is 0.307. The summed E-state index contributed by atoms with van der Waals surface area (Å²) in [7, 11) is 0. The van der Waals surface area contributed by atoms with Crippen molar-refractivity contribution in [1.82, 2.24) is 25.0 Å². The van der Waals surface area contributed by atoms with Gasteiger partial charge < -0.3 is 25.4 Å². The molecule has 3 rings (SSSR count). The summed E-state index contributed by atoms with van der Waals surface area (Å²) in [5.41, 5.74) is 0.946. The third-order valence-electron chi connectivity index (χ3n) is 4.90. The predicted octanol–water partition coefficient (Wildman–Crippen LogP) is 1.07. The molecule has 4 N–H and O–H groups in total. The van der Waals surface area contributed by atoms with Crippen LogP contribution in [0, 0.1) is 0 Å². The highest BCUT2D eigenvalue weighted by atomic mass is 32.2. The normalized spacial score (nSPS) is 23.9. The largest absolute Gasteiger partial charge is 0.480 e. The number of anilines is 1. The van der Waals surface area contributed by atoms with E-state index in [2.05, 4.69) is 39.4 Å². The second-order valence-electron chi connectivity index (χ2n) is 7.22. The highest BCUT2D eigenvalue weighted by Crippen LogP contribution is 2.35. The van der Waals surface area contributed by atoms with Gasteiger partial charge in [-0.3, -0.25) is 0 Å². The Morgan fingerprint density at radius 3 is 2.77 bits per heavy atom. The number of hydrogen-bond donors (Lipinski definition) is 4. The minimum atomic E-state index is -1.23. The highest BCUT2D eigenvalue weighted by Gasteiger charge is 2.45. The molecule has 1 aliphatic rings. The van der Waals surface area contributed by atoms with Crippen LogP contribution in [0.25, 0.3) is 11.2 Å². The number of aliphatic hydroxyl groups is 2. The van der Waals surface area contributed by atoms with Crippen LogP contribution in [-0.4, -0.2) is 83.5 Å². The van der Waals surface area contributed by atoms with Crippen molar-refractivity contribution in [3.8, 4) is 0 Å². The lowest BCUT2D eigenvalue weighted by Gasteiger charge is -2.17. The highest BCUT2D eigenvalue weighted by molar-refractivity contribution is 7.99. The van der Waals surface area contributed by atoms with E-state index in [0.717, 1.165) is 31.6 Å². The van der Waals surface area contributed by atoms with Crippen LogP contribution < -0.4 is 5.32 Å². The average Bonchev–Trinajstić information content (AvgIpc) is 3.26. The summed E-state index contributed by atoms with van der Waals surface area (Å²) in [5, 5.41) is 41.9. The fraction of sp³-hybridized carbons (Fsp3) is 0.722. The SMILES string of the molecule is CCCCNc1nc(SCCC)nc2c1nnn2[C@@H]1C[C@H](OCC(=O)O)[C@@H](O)[C@H]1O. The molecular formula is C18H28N6O5S. The van der Waals surface area contributed by atoms with Gasteiger partial charge in [0.2, 0.25) is 0 Å². The first-order valence-corrected chi connectivity index (χ1v) is 11.1. The van der Waals surface area contributed by atoms with E-state index in [9.17, 15) is 15.0 Å². The molecule has 166 valence electrons. The van der Waals surface area contributed by atoms with E-state index in [1.807, 2.05) is 0 Å². The molecule has 0 spiro atoms. The van der Waals surface area contributed by atoms with Crippen molar-refractivity contribution in [2.24, 2.45) is 0 Å². The second kappa shape index (κ2) is 10.3. The number of nitrogens with one attached hydrogen (secondary N) is 1. The van der Waals surface area contributed by atoms with Gasteiger partial charge in [0.25, 0.3) is 0 Å². The Hall–Kier alpha value is -2.02. The van der Waals surface area contributed by atoms with Crippen LogP contribution in [0.15, 0.2) is 5.16 Å². The molecule has 0 bridgehead atoms. The minimum Gasteiger partial charge on any atom is -0.480 e. The van der Waals surface area contributed by atoms with Crippen LogP contribution in [0.5, 0.6) is 0 Å². The zero-order chi connectivity index (χ0) is 21.7. The number of fused-ring (bicyclic) bond motifs is 1. The van der Waals surface area contributed by atoms with Crippen molar-refractivity contribution in [2.45, 2.75) is 69.0 Å². The van der Waals surface area contributed by atoms with E-state index >= 15 is 0 Å². The minimum absolute atomic E-state index is 0.189. The number of aliphatic hydroxyl groups excluding tert-OH is 2. The third-order valence-corrected chi connectivity index (χ3v) is 5.95. The van der Waals surface area contributed by atoms with E-state index in [4.69, 9.17) is 9.84 Å². The molecule has 0 amide bonds. The molecule has 0 saturated heterocycles. The Labute approximate surface area is 178 Å². The molecule has 12 heteroatoms. The predicted molar refractivity (Wildman–Crippen MR) is 111 cm³/mol. The number of carbonyl (C=O) groups is 1. The van der Waals surface area contributed by atoms with Crippen molar-refractivity contribution in [1.29, 1.82) is 0 Å². The van der Waals surface area contributed by atoms with Gasteiger partial charge >= 0.3 is 5.97 Å². The number of aromatic nitrogens is 5. The van der Waals surface area contributed by atoms with E-state index in [0.29, 0.717) is 22.1 Å². The lowest BCUT2D eigenvalue weighted by molar-refractivity contribution is -0.147. The van der Waals surface area contributed by atoms with E-state index < -0.39 is 36.9 Å². The second-order valence-corrected chi connectivity index (χ2v) is 8.28.